The smallest absolute Gasteiger partial charge is 0.288 e. The van der Waals surface area contributed by atoms with Crippen molar-refractivity contribution in [3.63, 3.8) is 0 Å². The van der Waals surface area contributed by atoms with Gasteiger partial charge < -0.3 is 5.32 Å². The Bertz CT molecular complexity index is 481. The molecule has 18 heavy (non-hydrogen) atoms. The van der Waals surface area contributed by atoms with Crippen molar-refractivity contribution in [3.05, 3.63) is 38.9 Å². The Morgan fingerprint density at radius 2 is 2.06 bits per heavy atom. The maximum Gasteiger partial charge on any atom is 0.288 e. The van der Waals surface area contributed by atoms with E-state index < -0.39 is 10.3 Å². The molecule has 0 bridgehead atoms. The van der Waals surface area contributed by atoms with E-state index in [2.05, 4.69) is 5.32 Å². The predicted octanol–water partition coefficient (Wildman–Crippen LogP) is 2.91. The van der Waals surface area contributed by atoms with Crippen molar-refractivity contribution in [3.8, 4) is 0 Å². The minimum Gasteiger partial charge on any atom is -0.352 e. The van der Waals surface area contributed by atoms with Gasteiger partial charge >= 0.3 is 0 Å². The molecule has 5 nitrogen and oxygen atoms in total. The topological polar surface area (TPSA) is 72.2 Å². The lowest BCUT2D eigenvalue weighted by Gasteiger charge is -2.17. The van der Waals surface area contributed by atoms with E-state index in [-0.39, 0.29) is 23.2 Å². The van der Waals surface area contributed by atoms with Crippen molar-refractivity contribution in [2.45, 2.75) is 27.3 Å². The maximum atomic E-state index is 11.7. The number of nitro benzene ring substituents is 1. The molecule has 0 aromatic heterocycles. The quantitative estimate of drug-likeness (QED) is 0.678. The van der Waals surface area contributed by atoms with Crippen LogP contribution in [0.2, 0.25) is 5.02 Å². The number of nitrogens with one attached hydrogen (secondary N) is 1. The van der Waals surface area contributed by atoms with Gasteiger partial charge in [0.15, 0.2) is 0 Å². The van der Waals surface area contributed by atoms with Gasteiger partial charge in [-0.15, -0.1) is 0 Å². The summed E-state index contributed by atoms with van der Waals surface area (Å²) in [6, 6.07) is 4.47. The molecule has 0 aliphatic rings. The summed E-state index contributed by atoms with van der Waals surface area (Å²) in [5, 5.41) is 13.5. The third-order valence-electron chi connectivity index (χ3n) is 2.34. The van der Waals surface area contributed by atoms with E-state index >= 15 is 0 Å². The molecular weight excluding hydrogens is 256 g/mol. The Balaban J connectivity index is 2.78. The van der Waals surface area contributed by atoms with Crippen LogP contribution in [0.3, 0.4) is 0 Å². The summed E-state index contributed by atoms with van der Waals surface area (Å²) in [6.45, 7) is 5.64. The SMILES string of the molecule is CC(C)(C)C(=O)NCc1ccc(Cl)c([N+](=O)[O-])c1. The van der Waals surface area contributed by atoms with Crippen molar-refractivity contribution < 1.29 is 9.72 Å². The van der Waals surface area contributed by atoms with E-state index in [1.165, 1.54) is 12.1 Å². The molecule has 6 heteroatoms. The van der Waals surface area contributed by atoms with Crippen LogP contribution in [0.25, 0.3) is 0 Å². The Kier molecular flexibility index (Phi) is 4.29. The maximum absolute atomic E-state index is 11.7. The number of hydrogen-bond donors (Lipinski definition) is 1. The summed E-state index contributed by atoms with van der Waals surface area (Å²) in [5.74, 6) is -0.111. The van der Waals surface area contributed by atoms with Gasteiger partial charge in [-0.1, -0.05) is 38.4 Å². The zero-order valence-electron chi connectivity index (χ0n) is 10.5. The molecule has 1 N–H and O–H groups in total. The van der Waals surface area contributed by atoms with Gasteiger partial charge in [-0.25, -0.2) is 0 Å². The molecule has 0 heterocycles. The van der Waals surface area contributed by atoms with Crippen molar-refractivity contribution in [1.82, 2.24) is 5.32 Å². The van der Waals surface area contributed by atoms with Gasteiger partial charge in [0.2, 0.25) is 5.91 Å². The summed E-state index contributed by atoms with van der Waals surface area (Å²) in [7, 11) is 0. The summed E-state index contributed by atoms with van der Waals surface area (Å²) in [6.07, 6.45) is 0. The molecule has 0 radical (unpaired) electrons. The van der Waals surface area contributed by atoms with Crippen LogP contribution in [-0.4, -0.2) is 10.8 Å². The monoisotopic (exact) mass is 270 g/mol. The first kappa shape index (κ1) is 14.4. The van der Waals surface area contributed by atoms with Crippen molar-refractivity contribution in [1.29, 1.82) is 0 Å². The van der Waals surface area contributed by atoms with E-state index in [1.54, 1.807) is 26.8 Å². The van der Waals surface area contributed by atoms with Crippen LogP contribution in [0.1, 0.15) is 26.3 Å². The molecule has 0 atom stereocenters. The second kappa shape index (κ2) is 5.35. The molecular formula is C12H15ClN2O3. The molecule has 0 saturated heterocycles. The Morgan fingerprint density at radius 1 is 1.44 bits per heavy atom. The number of carbonyl (C=O) groups is 1. The molecule has 1 amide bonds. The molecule has 1 rings (SSSR count). The fourth-order valence-electron chi connectivity index (χ4n) is 1.26. The normalized spacial score (nSPS) is 11.1. The molecule has 0 aliphatic carbocycles. The van der Waals surface area contributed by atoms with Gasteiger partial charge in [0.1, 0.15) is 5.02 Å². The van der Waals surface area contributed by atoms with E-state index in [0.29, 0.717) is 5.56 Å². The Hall–Kier alpha value is -1.62. The lowest BCUT2D eigenvalue weighted by atomic mass is 9.95. The van der Waals surface area contributed by atoms with Crippen LogP contribution in [-0.2, 0) is 11.3 Å². The summed E-state index contributed by atoms with van der Waals surface area (Å²) < 4.78 is 0. The minimum absolute atomic E-state index is 0.0888. The molecule has 1 aromatic carbocycles. The van der Waals surface area contributed by atoms with Crippen LogP contribution in [0, 0.1) is 15.5 Å². The molecule has 0 spiro atoms. The number of hydrogen-bond acceptors (Lipinski definition) is 3. The third-order valence-corrected chi connectivity index (χ3v) is 2.66. The number of nitrogens with zero attached hydrogens (tertiary/aromatic N) is 1. The summed E-state index contributed by atoms with van der Waals surface area (Å²) >= 11 is 5.70. The summed E-state index contributed by atoms with van der Waals surface area (Å²) in [4.78, 5) is 21.8. The van der Waals surface area contributed by atoms with Crippen molar-refractivity contribution in [2.24, 2.45) is 5.41 Å². The highest BCUT2D eigenvalue weighted by atomic mass is 35.5. The van der Waals surface area contributed by atoms with Crippen LogP contribution >= 0.6 is 11.6 Å². The number of halogens is 1. The van der Waals surface area contributed by atoms with E-state index in [4.69, 9.17) is 11.6 Å². The highest BCUT2D eigenvalue weighted by molar-refractivity contribution is 6.32. The van der Waals surface area contributed by atoms with Gasteiger partial charge in [-0.3, -0.25) is 14.9 Å². The van der Waals surface area contributed by atoms with Crippen LogP contribution < -0.4 is 5.32 Å². The van der Waals surface area contributed by atoms with Crippen LogP contribution in [0.5, 0.6) is 0 Å². The zero-order valence-corrected chi connectivity index (χ0v) is 11.2. The number of benzene rings is 1. The van der Waals surface area contributed by atoms with Crippen molar-refractivity contribution in [2.75, 3.05) is 0 Å². The summed E-state index contributed by atoms with van der Waals surface area (Å²) in [5.41, 5.74) is 0.00103. The van der Waals surface area contributed by atoms with E-state index in [9.17, 15) is 14.9 Å². The van der Waals surface area contributed by atoms with E-state index in [1.807, 2.05) is 0 Å². The number of nitro groups is 1. The fourth-order valence-corrected chi connectivity index (χ4v) is 1.44. The largest absolute Gasteiger partial charge is 0.352 e. The van der Waals surface area contributed by atoms with Crippen LogP contribution in [0.4, 0.5) is 5.69 Å². The van der Waals surface area contributed by atoms with Gasteiger partial charge in [0, 0.05) is 18.0 Å². The van der Waals surface area contributed by atoms with Crippen molar-refractivity contribution >= 4 is 23.2 Å². The molecule has 0 fully saturated rings. The first-order valence-electron chi connectivity index (χ1n) is 5.43. The standard InChI is InChI=1S/C12H15ClN2O3/c1-12(2,3)11(16)14-7-8-4-5-9(13)10(6-8)15(17)18/h4-6H,7H2,1-3H3,(H,14,16). The Morgan fingerprint density at radius 3 is 2.56 bits per heavy atom. The number of rotatable bonds is 3. The highest BCUT2D eigenvalue weighted by Crippen LogP contribution is 2.25. The number of amides is 1. The zero-order chi connectivity index (χ0) is 13.9. The first-order valence-corrected chi connectivity index (χ1v) is 5.80. The molecule has 0 aliphatic heterocycles. The van der Waals surface area contributed by atoms with E-state index in [0.717, 1.165) is 0 Å². The highest BCUT2D eigenvalue weighted by Gasteiger charge is 2.21. The van der Waals surface area contributed by atoms with Gasteiger partial charge in [-0.05, 0) is 11.6 Å². The Labute approximate surface area is 110 Å². The molecule has 0 unspecified atom stereocenters. The fraction of sp³-hybridized carbons (Fsp3) is 0.417. The predicted molar refractivity (Wildman–Crippen MR) is 69.4 cm³/mol. The molecule has 98 valence electrons. The molecule has 1 aromatic rings. The average molecular weight is 271 g/mol. The van der Waals surface area contributed by atoms with Gasteiger partial charge in [-0.2, -0.15) is 0 Å². The minimum atomic E-state index is -0.544. The van der Waals surface area contributed by atoms with Gasteiger partial charge in [0.05, 0.1) is 4.92 Å². The first-order chi connectivity index (χ1) is 8.21. The van der Waals surface area contributed by atoms with Crippen LogP contribution in [0.15, 0.2) is 18.2 Å². The lowest BCUT2D eigenvalue weighted by Crippen LogP contribution is -2.34. The molecule has 0 saturated carbocycles. The van der Waals surface area contributed by atoms with Gasteiger partial charge in [0.25, 0.3) is 5.69 Å². The number of carbonyl (C=O) groups excluding carboxylic acids is 1. The lowest BCUT2D eigenvalue weighted by molar-refractivity contribution is -0.384. The second-order valence-electron chi connectivity index (χ2n) is 4.98. The second-order valence-corrected chi connectivity index (χ2v) is 5.38. The average Bonchev–Trinajstić information content (AvgIpc) is 2.25. The third kappa shape index (κ3) is 3.70.